The molecule has 0 radical (unpaired) electrons. The van der Waals surface area contributed by atoms with Crippen LogP contribution in [0.3, 0.4) is 0 Å². The molecule has 1 atom stereocenters. The van der Waals surface area contributed by atoms with Crippen LogP contribution in [0.1, 0.15) is 16.5 Å². The minimum atomic E-state index is -0.460. The Labute approximate surface area is 162 Å². The summed E-state index contributed by atoms with van der Waals surface area (Å²) in [7, 11) is 3.31. The number of methoxy groups -OCH3 is 1. The molecule has 1 N–H and O–H groups in total. The number of hydrogen-bond donors (Lipinski definition) is 1. The molecule has 3 heterocycles. The number of carbonyl (C=O) groups is 2. The molecule has 0 saturated heterocycles. The molecular weight excluding hydrogens is 362 g/mol. The Bertz CT molecular complexity index is 907. The van der Waals surface area contributed by atoms with Crippen molar-refractivity contribution in [3.05, 3.63) is 63.5 Å². The van der Waals surface area contributed by atoms with Crippen LogP contribution in [0.2, 0.25) is 0 Å². The fraction of sp³-hybridized carbons (Fsp3) is 0.300. The van der Waals surface area contributed by atoms with E-state index in [0.717, 1.165) is 17.7 Å². The molecule has 0 bridgehead atoms. The van der Waals surface area contributed by atoms with E-state index in [1.54, 1.807) is 30.4 Å². The quantitative estimate of drug-likeness (QED) is 0.864. The maximum atomic E-state index is 13.2. The first kappa shape index (κ1) is 17.6. The average molecular weight is 383 g/mol. The molecule has 1 aromatic carbocycles. The third-order valence-electron chi connectivity index (χ3n) is 5.07. The molecule has 3 amide bonds. The first-order chi connectivity index (χ1) is 13.1. The van der Waals surface area contributed by atoms with E-state index in [0.29, 0.717) is 24.4 Å². The first-order valence-corrected chi connectivity index (χ1v) is 9.69. The van der Waals surface area contributed by atoms with E-state index >= 15 is 0 Å². The maximum absolute atomic E-state index is 13.2. The van der Waals surface area contributed by atoms with E-state index in [9.17, 15) is 9.59 Å². The Morgan fingerprint density at radius 1 is 1.26 bits per heavy atom. The van der Waals surface area contributed by atoms with Crippen LogP contribution in [-0.4, -0.2) is 49.0 Å². The molecule has 0 unspecified atom stereocenters. The Balaban J connectivity index is 1.62. The summed E-state index contributed by atoms with van der Waals surface area (Å²) in [6.45, 7) is 1.10. The van der Waals surface area contributed by atoms with Gasteiger partial charge in [0.1, 0.15) is 5.75 Å². The second-order valence-corrected chi connectivity index (χ2v) is 7.67. The number of rotatable bonds is 5. The summed E-state index contributed by atoms with van der Waals surface area (Å²) >= 11 is 1.69. The number of hydrogen-bond acceptors (Lipinski definition) is 4. The Morgan fingerprint density at radius 2 is 2.11 bits per heavy atom. The highest BCUT2D eigenvalue weighted by Crippen LogP contribution is 2.36. The number of carbonyl (C=O) groups excluding carboxylic acids is 2. The second-order valence-electron chi connectivity index (χ2n) is 6.63. The molecule has 0 fully saturated rings. The zero-order valence-electron chi connectivity index (χ0n) is 15.3. The molecule has 0 spiro atoms. The van der Waals surface area contributed by atoms with Gasteiger partial charge in [-0.25, -0.2) is 4.79 Å². The minimum absolute atomic E-state index is 0.0128. The molecular formula is C20H21N3O3S. The highest BCUT2D eigenvalue weighted by atomic mass is 32.1. The van der Waals surface area contributed by atoms with Crippen LogP contribution in [0.25, 0.3) is 0 Å². The fourth-order valence-corrected chi connectivity index (χ4v) is 4.27. The monoisotopic (exact) mass is 383 g/mol. The minimum Gasteiger partial charge on any atom is -0.497 e. The zero-order valence-corrected chi connectivity index (χ0v) is 16.1. The lowest BCUT2D eigenvalue weighted by Crippen LogP contribution is -2.45. The number of nitrogens with zero attached hydrogens (tertiary/aromatic N) is 2. The van der Waals surface area contributed by atoms with Gasteiger partial charge in [0.05, 0.1) is 31.0 Å². The molecule has 7 heteroatoms. The molecule has 0 saturated carbocycles. The molecule has 27 heavy (non-hydrogen) atoms. The summed E-state index contributed by atoms with van der Waals surface area (Å²) < 4.78 is 5.30. The van der Waals surface area contributed by atoms with Crippen LogP contribution in [0.15, 0.2) is 53.0 Å². The Kier molecular flexibility index (Phi) is 4.61. The molecule has 2 aliphatic rings. The van der Waals surface area contributed by atoms with E-state index in [-0.39, 0.29) is 11.9 Å². The molecule has 1 aromatic heterocycles. The largest absolute Gasteiger partial charge is 0.497 e. The zero-order chi connectivity index (χ0) is 19.0. The molecule has 4 rings (SSSR count). The van der Waals surface area contributed by atoms with Crippen molar-refractivity contribution in [2.45, 2.75) is 12.5 Å². The lowest BCUT2D eigenvalue weighted by atomic mass is 9.95. The number of nitrogens with one attached hydrogen (secondary N) is 1. The van der Waals surface area contributed by atoms with Gasteiger partial charge in [-0.15, -0.1) is 11.3 Å². The Hall–Kier alpha value is -2.80. The normalized spacial score (nSPS) is 19.4. The van der Waals surface area contributed by atoms with E-state index in [1.807, 2.05) is 40.6 Å². The van der Waals surface area contributed by atoms with Crippen molar-refractivity contribution in [1.29, 1.82) is 0 Å². The maximum Gasteiger partial charge on any atom is 0.322 e. The molecule has 2 aromatic rings. The van der Waals surface area contributed by atoms with Crippen LogP contribution in [-0.2, 0) is 11.2 Å². The van der Waals surface area contributed by atoms with Crippen molar-refractivity contribution < 1.29 is 14.3 Å². The third kappa shape index (κ3) is 3.19. The number of amides is 3. The topological polar surface area (TPSA) is 61.9 Å². The van der Waals surface area contributed by atoms with Gasteiger partial charge in [0.15, 0.2) is 0 Å². The van der Waals surface area contributed by atoms with Crippen LogP contribution in [0.4, 0.5) is 4.79 Å². The van der Waals surface area contributed by atoms with Crippen LogP contribution in [0, 0.1) is 0 Å². The van der Waals surface area contributed by atoms with Gasteiger partial charge in [0.2, 0.25) is 0 Å². The van der Waals surface area contributed by atoms with Gasteiger partial charge < -0.3 is 15.0 Å². The van der Waals surface area contributed by atoms with Crippen LogP contribution < -0.4 is 10.1 Å². The highest BCUT2D eigenvalue weighted by molar-refractivity contribution is 7.09. The van der Waals surface area contributed by atoms with E-state index in [2.05, 4.69) is 11.4 Å². The Morgan fingerprint density at radius 3 is 2.85 bits per heavy atom. The van der Waals surface area contributed by atoms with Crippen molar-refractivity contribution in [2.75, 3.05) is 27.2 Å². The SMILES string of the molecule is COc1cccc([C@@H]2NC(=O)N(C)C3=C2C(=O)N(CCc2cccs2)C3)c1. The summed E-state index contributed by atoms with van der Waals surface area (Å²) in [5.41, 5.74) is 2.27. The van der Waals surface area contributed by atoms with Gasteiger partial charge in [-0.2, -0.15) is 0 Å². The predicted molar refractivity (Wildman–Crippen MR) is 104 cm³/mol. The van der Waals surface area contributed by atoms with E-state index in [4.69, 9.17) is 4.74 Å². The van der Waals surface area contributed by atoms with E-state index in [1.165, 1.54) is 4.88 Å². The second kappa shape index (κ2) is 7.08. The number of ether oxygens (including phenoxy) is 1. The van der Waals surface area contributed by atoms with Crippen molar-refractivity contribution >= 4 is 23.3 Å². The van der Waals surface area contributed by atoms with E-state index < -0.39 is 6.04 Å². The fourth-order valence-electron chi connectivity index (χ4n) is 3.58. The standard InChI is InChI=1S/C20H21N3O3S/c1-22-16-12-23(9-8-15-7-4-10-27-15)19(24)17(16)18(21-20(22)25)13-5-3-6-14(11-13)26-2/h3-7,10-11,18H,8-9,12H2,1-2H3,(H,21,25)/t18-/m0/s1. The number of likely N-dealkylation sites (N-methyl/N-ethyl adjacent to an activating group) is 1. The smallest absolute Gasteiger partial charge is 0.322 e. The summed E-state index contributed by atoms with van der Waals surface area (Å²) in [6, 6.07) is 10.9. The van der Waals surface area contributed by atoms with Crippen LogP contribution >= 0.6 is 11.3 Å². The third-order valence-corrected chi connectivity index (χ3v) is 6.01. The van der Waals surface area contributed by atoms with Crippen molar-refractivity contribution in [2.24, 2.45) is 0 Å². The summed E-state index contributed by atoms with van der Waals surface area (Å²) in [4.78, 5) is 30.2. The van der Waals surface area contributed by atoms with Crippen molar-refractivity contribution in [3.63, 3.8) is 0 Å². The summed E-state index contributed by atoms with van der Waals surface area (Å²) in [5, 5.41) is 5.00. The van der Waals surface area contributed by atoms with Gasteiger partial charge in [-0.3, -0.25) is 9.69 Å². The number of benzene rings is 1. The van der Waals surface area contributed by atoms with Crippen molar-refractivity contribution in [3.8, 4) is 5.75 Å². The van der Waals surface area contributed by atoms with Crippen LogP contribution in [0.5, 0.6) is 5.75 Å². The van der Waals surface area contributed by atoms with Gasteiger partial charge in [0, 0.05) is 18.5 Å². The predicted octanol–water partition coefficient (Wildman–Crippen LogP) is 2.79. The lowest BCUT2D eigenvalue weighted by Gasteiger charge is -2.31. The van der Waals surface area contributed by atoms with Gasteiger partial charge in [0.25, 0.3) is 5.91 Å². The molecule has 2 aliphatic heterocycles. The highest BCUT2D eigenvalue weighted by Gasteiger charge is 2.42. The molecule has 6 nitrogen and oxygen atoms in total. The van der Waals surface area contributed by atoms with Gasteiger partial charge >= 0.3 is 6.03 Å². The van der Waals surface area contributed by atoms with Gasteiger partial charge in [-0.1, -0.05) is 18.2 Å². The summed E-state index contributed by atoms with van der Waals surface area (Å²) in [5.74, 6) is 0.684. The van der Waals surface area contributed by atoms with Gasteiger partial charge in [-0.05, 0) is 35.6 Å². The average Bonchev–Trinajstić information content (AvgIpc) is 3.31. The molecule has 140 valence electrons. The van der Waals surface area contributed by atoms with Crippen molar-refractivity contribution in [1.82, 2.24) is 15.1 Å². The lowest BCUT2D eigenvalue weighted by molar-refractivity contribution is -0.125. The molecule has 0 aliphatic carbocycles. The first-order valence-electron chi connectivity index (χ1n) is 8.81. The number of urea groups is 1. The number of thiophene rings is 1. The summed E-state index contributed by atoms with van der Waals surface area (Å²) in [6.07, 6.45) is 0.818.